The van der Waals surface area contributed by atoms with Gasteiger partial charge in [-0.05, 0) is 116 Å². The van der Waals surface area contributed by atoms with Gasteiger partial charge in [0.2, 0.25) is 0 Å². The van der Waals surface area contributed by atoms with Crippen LogP contribution in [0.4, 0.5) is 0 Å². The number of ether oxygens (including phenoxy) is 3. The number of carbonyl (C=O) groups excluding carboxylic acids is 1. The minimum atomic E-state index is -0.00476. The molecule has 5 nitrogen and oxygen atoms in total. The van der Waals surface area contributed by atoms with Crippen molar-refractivity contribution in [1.82, 2.24) is 4.90 Å². The topological polar surface area (TPSA) is 48.0 Å². The van der Waals surface area contributed by atoms with Gasteiger partial charge >= 0.3 is 0 Å². The molecule has 192 valence electrons. The van der Waals surface area contributed by atoms with Crippen molar-refractivity contribution in [3.63, 3.8) is 0 Å². The van der Waals surface area contributed by atoms with E-state index in [-0.39, 0.29) is 5.78 Å². The first kappa shape index (κ1) is 25.1. The van der Waals surface area contributed by atoms with Crippen LogP contribution in [0.3, 0.4) is 0 Å². The normalized spacial score (nSPS) is 15.5. The van der Waals surface area contributed by atoms with Crippen LogP contribution in [0.25, 0.3) is 11.6 Å². The first-order valence-corrected chi connectivity index (χ1v) is 13.2. The molecular formula is C32H35NO4. The Morgan fingerprint density at radius 3 is 2.27 bits per heavy atom. The number of rotatable bonds is 9. The minimum Gasteiger partial charge on any atom is -0.497 e. The van der Waals surface area contributed by atoms with Crippen molar-refractivity contribution >= 4 is 17.4 Å². The minimum absolute atomic E-state index is 0.00476. The number of likely N-dealkylation sites (tertiary alicyclic amines) is 1. The molecule has 3 aromatic carbocycles. The van der Waals surface area contributed by atoms with E-state index in [4.69, 9.17) is 14.2 Å². The highest BCUT2D eigenvalue weighted by molar-refractivity contribution is 6.12. The summed E-state index contributed by atoms with van der Waals surface area (Å²) in [4.78, 5) is 16.1. The maximum Gasteiger partial charge on any atom is 0.193 e. The number of carbonyl (C=O) groups is 1. The lowest BCUT2D eigenvalue weighted by Gasteiger charge is -2.26. The smallest absolute Gasteiger partial charge is 0.193 e. The summed E-state index contributed by atoms with van der Waals surface area (Å²) in [6, 6.07) is 19.4. The van der Waals surface area contributed by atoms with Gasteiger partial charge in [-0.1, -0.05) is 18.6 Å². The summed E-state index contributed by atoms with van der Waals surface area (Å²) >= 11 is 0. The van der Waals surface area contributed by atoms with Gasteiger partial charge in [0.15, 0.2) is 5.78 Å². The van der Waals surface area contributed by atoms with Gasteiger partial charge in [0.05, 0.1) is 14.2 Å². The van der Waals surface area contributed by atoms with Crippen molar-refractivity contribution < 1.29 is 19.0 Å². The average Bonchev–Trinajstić information content (AvgIpc) is 2.96. The van der Waals surface area contributed by atoms with Crippen LogP contribution in [0.5, 0.6) is 17.2 Å². The number of benzene rings is 3. The van der Waals surface area contributed by atoms with Crippen LogP contribution in [0.15, 0.2) is 60.7 Å². The Morgan fingerprint density at radius 1 is 0.811 bits per heavy atom. The van der Waals surface area contributed by atoms with E-state index in [2.05, 4.69) is 23.1 Å². The van der Waals surface area contributed by atoms with E-state index in [9.17, 15) is 4.79 Å². The van der Waals surface area contributed by atoms with E-state index in [1.165, 1.54) is 24.8 Å². The molecule has 0 radical (unpaired) electrons. The molecule has 1 fully saturated rings. The summed E-state index contributed by atoms with van der Waals surface area (Å²) in [5.74, 6) is 2.36. The van der Waals surface area contributed by atoms with Crippen LogP contribution in [0.2, 0.25) is 0 Å². The van der Waals surface area contributed by atoms with Crippen molar-refractivity contribution in [2.24, 2.45) is 0 Å². The largest absolute Gasteiger partial charge is 0.497 e. The zero-order valence-corrected chi connectivity index (χ0v) is 21.8. The van der Waals surface area contributed by atoms with E-state index in [1.54, 1.807) is 14.2 Å². The number of ketones is 1. The van der Waals surface area contributed by atoms with Crippen molar-refractivity contribution in [2.45, 2.75) is 32.1 Å². The number of aryl methyl sites for hydroxylation is 1. The number of nitrogens with zero attached hydrogens (tertiary/aromatic N) is 1. The van der Waals surface area contributed by atoms with Crippen LogP contribution in [0, 0.1) is 0 Å². The second-order valence-corrected chi connectivity index (χ2v) is 9.75. The lowest BCUT2D eigenvalue weighted by atomic mass is 9.85. The Morgan fingerprint density at radius 2 is 1.51 bits per heavy atom. The molecule has 2 aliphatic rings. The summed E-state index contributed by atoms with van der Waals surface area (Å²) < 4.78 is 16.9. The summed E-state index contributed by atoms with van der Waals surface area (Å²) in [6.07, 6.45) is 7.84. The van der Waals surface area contributed by atoms with Gasteiger partial charge in [0.25, 0.3) is 0 Å². The molecule has 0 bridgehead atoms. The standard InChI is InChI=1S/C32H35NO4/c1-35-28-13-8-23-6-7-25(20-26(23)21-28)31-22-29(36-2)14-15-30(31)32(34)24-9-11-27(12-10-24)37-19-18-33-16-4-3-5-17-33/h8-15,20-22H,3-7,16-19H2,1-2H3. The Labute approximate surface area is 219 Å². The lowest BCUT2D eigenvalue weighted by molar-refractivity contribution is 0.103. The molecule has 1 aliphatic carbocycles. The number of methoxy groups -OCH3 is 2. The molecule has 5 heteroatoms. The van der Waals surface area contributed by atoms with Crippen LogP contribution >= 0.6 is 0 Å². The van der Waals surface area contributed by atoms with Gasteiger partial charge in [-0.2, -0.15) is 0 Å². The van der Waals surface area contributed by atoms with Gasteiger partial charge in [-0.15, -0.1) is 0 Å². The molecule has 0 aromatic heterocycles. The van der Waals surface area contributed by atoms with E-state index in [1.807, 2.05) is 48.5 Å². The number of allylic oxidation sites excluding steroid dienone is 1. The quantitative estimate of drug-likeness (QED) is 0.325. The van der Waals surface area contributed by atoms with Gasteiger partial charge in [0, 0.05) is 17.7 Å². The number of hydrogen-bond acceptors (Lipinski definition) is 5. The predicted octanol–water partition coefficient (Wildman–Crippen LogP) is 6.29. The molecular weight excluding hydrogens is 462 g/mol. The Bertz CT molecular complexity index is 1270. The monoisotopic (exact) mass is 497 g/mol. The van der Waals surface area contributed by atoms with E-state index in [0.717, 1.165) is 66.4 Å². The molecule has 1 aliphatic heterocycles. The fourth-order valence-electron chi connectivity index (χ4n) is 5.25. The summed E-state index contributed by atoms with van der Waals surface area (Å²) in [7, 11) is 3.33. The van der Waals surface area contributed by atoms with Crippen molar-refractivity contribution in [3.8, 4) is 17.2 Å². The molecule has 0 atom stereocenters. The summed E-state index contributed by atoms with van der Waals surface area (Å²) in [5, 5.41) is 0. The fraction of sp³-hybridized carbons (Fsp3) is 0.344. The zero-order valence-electron chi connectivity index (χ0n) is 21.8. The van der Waals surface area contributed by atoms with E-state index < -0.39 is 0 Å². The molecule has 3 aromatic rings. The highest BCUT2D eigenvalue weighted by Crippen LogP contribution is 2.36. The first-order chi connectivity index (χ1) is 18.1. The van der Waals surface area contributed by atoms with Gasteiger partial charge in [0.1, 0.15) is 23.9 Å². The second kappa shape index (κ2) is 11.7. The third kappa shape index (κ3) is 5.89. The Hall–Kier alpha value is -3.57. The maximum absolute atomic E-state index is 13.7. The van der Waals surface area contributed by atoms with E-state index >= 15 is 0 Å². The predicted molar refractivity (Wildman–Crippen MR) is 148 cm³/mol. The summed E-state index contributed by atoms with van der Waals surface area (Å²) in [5.41, 5.74) is 5.79. The SMILES string of the molecule is COc1ccc2c(c1)C=C(c1cc(OC)ccc1C(=O)c1ccc(OCCN3CCCCC3)cc1)CC2. The Kier molecular flexibility index (Phi) is 7.90. The zero-order chi connectivity index (χ0) is 25.6. The lowest BCUT2D eigenvalue weighted by Crippen LogP contribution is -2.33. The maximum atomic E-state index is 13.7. The van der Waals surface area contributed by atoms with Gasteiger partial charge in [-0.3, -0.25) is 9.69 Å². The molecule has 0 unspecified atom stereocenters. The van der Waals surface area contributed by atoms with Gasteiger partial charge < -0.3 is 14.2 Å². The first-order valence-electron chi connectivity index (χ1n) is 13.2. The third-order valence-electron chi connectivity index (χ3n) is 7.41. The third-order valence-corrected chi connectivity index (χ3v) is 7.41. The van der Waals surface area contributed by atoms with Crippen LogP contribution in [-0.2, 0) is 6.42 Å². The molecule has 37 heavy (non-hydrogen) atoms. The van der Waals surface area contributed by atoms with Crippen LogP contribution in [-0.4, -0.2) is 51.1 Å². The van der Waals surface area contributed by atoms with Crippen molar-refractivity contribution in [3.05, 3.63) is 88.5 Å². The number of fused-ring (bicyclic) bond motifs is 1. The average molecular weight is 498 g/mol. The van der Waals surface area contributed by atoms with Gasteiger partial charge in [-0.25, -0.2) is 0 Å². The molecule has 0 saturated carbocycles. The number of hydrogen-bond donors (Lipinski definition) is 0. The Balaban J connectivity index is 1.35. The van der Waals surface area contributed by atoms with Crippen LogP contribution in [0.1, 0.15) is 58.3 Å². The molecule has 1 heterocycles. The number of piperidine rings is 1. The molecule has 5 rings (SSSR count). The highest BCUT2D eigenvalue weighted by atomic mass is 16.5. The van der Waals surface area contributed by atoms with E-state index in [0.29, 0.717) is 17.7 Å². The summed E-state index contributed by atoms with van der Waals surface area (Å²) in [6.45, 7) is 3.93. The molecule has 1 saturated heterocycles. The highest BCUT2D eigenvalue weighted by Gasteiger charge is 2.20. The molecule has 0 N–H and O–H groups in total. The second-order valence-electron chi connectivity index (χ2n) is 9.75. The van der Waals surface area contributed by atoms with Crippen LogP contribution < -0.4 is 14.2 Å². The molecule has 0 amide bonds. The fourth-order valence-corrected chi connectivity index (χ4v) is 5.25. The van der Waals surface area contributed by atoms with Crippen molar-refractivity contribution in [2.75, 3.05) is 40.5 Å². The molecule has 0 spiro atoms. The van der Waals surface area contributed by atoms with Crippen molar-refractivity contribution in [1.29, 1.82) is 0 Å².